The summed E-state index contributed by atoms with van der Waals surface area (Å²) in [6, 6.07) is 6.83. The molecule has 1 aromatic carbocycles. The topological polar surface area (TPSA) is 64.0 Å². The van der Waals surface area contributed by atoms with E-state index in [2.05, 4.69) is 10.4 Å². The molecule has 0 radical (unpaired) electrons. The third kappa shape index (κ3) is 4.85. The highest BCUT2D eigenvalue weighted by atomic mass is 32.1. The molecular formula is C20H15F6N3O2S. The Morgan fingerprint density at radius 1 is 0.969 bits per heavy atom. The van der Waals surface area contributed by atoms with Gasteiger partial charge in [-0.15, -0.1) is 11.3 Å². The van der Waals surface area contributed by atoms with Crippen molar-refractivity contribution >= 4 is 22.9 Å². The van der Waals surface area contributed by atoms with Crippen LogP contribution in [0, 0.1) is 0 Å². The third-order valence-electron chi connectivity index (χ3n) is 4.50. The van der Waals surface area contributed by atoms with Crippen LogP contribution in [0.4, 0.5) is 32.0 Å². The minimum Gasteiger partial charge on any atom is -0.324 e. The second-order valence-corrected chi connectivity index (χ2v) is 8.20. The van der Waals surface area contributed by atoms with Gasteiger partial charge in [0.2, 0.25) is 0 Å². The molecule has 3 rings (SSSR count). The molecule has 1 N–H and O–H groups in total. The van der Waals surface area contributed by atoms with E-state index in [0.29, 0.717) is 22.7 Å². The number of anilines is 1. The number of halogens is 6. The zero-order valence-corrected chi connectivity index (χ0v) is 17.3. The summed E-state index contributed by atoms with van der Waals surface area (Å²) in [5, 5.41) is 7.98. The normalized spacial score (nSPS) is 12.6. The Bertz CT molecular complexity index is 1170. The number of carbonyl (C=O) groups is 1. The molecule has 170 valence electrons. The number of carbonyl (C=O) groups excluding carboxylic acids is 1. The molecular weight excluding hydrogens is 460 g/mol. The Hall–Kier alpha value is -3.15. The molecule has 2 heterocycles. The second-order valence-electron chi connectivity index (χ2n) is 7.25. The third-order valence-corrected chi connectivity index (χ3v) is 5.40. The SMILES string of the molecule is CC(C)(C(=O)Nc1cc(C(F)(F)F)cc(C(F)(F)F)c1)n1nc(-c2cccs2)ccc1=O. The van der Waals surface area contributed by atoms with Gasteiger partial charge in [-0.1, -0.05) is 6.07 Å². The van der Waals surface area contributed by atoms with Gasteiger partial charge in [-0.2, -0.15) is 31.4 Å². The van der Waals surface area contributed by atoms with Crippen LogP contribution in [-0.2, 0) is 22.7 Å². The van der Waals surface area contributed by atoms with E-state index < -0.39 is 46.2 Å². The van der Waals surface area contributed by atoms with Crippen LogP contribution in [0.3, 0.4) is 0 Å². The van der Waals surface area contributed by atoms with E-state index in [9.17, 15) is 35.9 Å². The number of amides is 1. The summed E-state index contributed by atoms with van der Waals surface area (Å²) in [6.45, 7) is 2.54. The van der Waals surface area contributed by atoms with Crippen LogP contribution in [0.2, 0.25) is 0 Å². The van der Waals surface area contributed by atoms with Crippen LogP contribution >= 0.6 is 11.3 Å². The summed E-state index contributed by atoms with van der Waals surface area (Å²) >= 11 is 1.33. The minimum atomic E-state index is -5.07. The van der Waals surface area contributed by atoms with Crippen LogP contribution < -0.4 is 10.9 Å². The van der Waals surface area contributed by atoms with Gasteiger partial charge in [0.25, 0.3) is 11.5 Å². The fraction of sp³-hybridized carbons (Fsp3) is 0.250. The number of hydrogen-bond acceptors (Lipinski definition) is 4. The average molecular weight is 475 g/mol. The maximum atomic E-state index is 13.1. The first kappa shape index (κ1) is 23.5. The molecule has 0 unspecified atom stereocenters. The van der Waals surface area contributed by atoms with Gasteiger partial charge in [0.05, 0.1) is 16.0 Å². The number of alkyl halides is 6. The predicted molar refractivity (Wildman–Crippen MR) is 106 cm³/mol. The molecule has 2 aromatic heterocycles. The fourth-order valence-electron chi connectivity index (χ4n) is 2.77. The van der Waals surface area contributed by atoms with Crippen LogP contribution in [0.25, 0.3) is 10.6 Å². The fourth-order valence-corrected chi connectivity index (χ4v) is 3.47. The largest absolute Gasteiger partial charge is 0.416 e. The van der Waals surface area contributed by atoms with Gasteiger partial charge in [-0.25, -0.2) is 4.68 Å². The van der Waals surface area contributed by atoms with Gasteiger partial charge in [0.1, 0.15) is 11.2 Å². The lowest BCUT2D eigenvalue weighted by atomic mass is 10.0. The molecule has 0 saturated carbocycles. The maximum absolute atomic E-state index is 13.1. The molecule has 1 amide bonds. The van der Waals surface area contributed by atoms with Gasteiger partial charge in [-0.05, 0) is 49.6 Å². The zero-order chi connectivity index (χ0) is 23.9. The van der Waals surface area contributed by atoms with Crippen LogP contribution in [-0.4, -0.2) is 15.7 Å². The molecule has 0 aliphatic rings. The first-order valence-corrected chi connectivity index (χ1v) is 9.83. The van der Waals surface area contributed by atoms with Crippen molar-refractivity contribution in [1.82, 2.24) is 9.78 Å². The molecule has 0 aliphatic carbocycles. The number of nitrogens with zero attached hydrogens (tertiary/aromatic N) is 2. The molecule has 0 spiro atoms. The molecule has 12 heteroatoms. The molecule has 0 saturated heterocycles. The summed E-state index contributed by atoms with van der Waals surface area (Å²) in [6.07, 6.45) is -10.1. The van der Waals surface area contributed by atoms with E-state index in [0.717, 1.165) is 4.68 Å². The van der Waals surface area contributed by atoms with Gasteiger partial charge >= 0.3 is 12.4 Å². The number of rotatable bonds is 4. The predicted octanol–water partition coefficient (Wildman–Crippen LogP) is 5.38. The summed E-state index contributed by atoms with van der Waals surface area (Å²) in [5.41, 5.74) is -5.90. The van der Waals surface area contributed by atoms with Crippen molar-refractivity contribution in [3.05, 3.63) is 69.3 Å². The van der Waals surface area contributed by atoms with Gasteiger partial charge in [-0.3, -0.25) is 9.59 Å². The van der Waals surface area contributed by atoms with E-state index in [1.807, 2.05) is 0 Å². The Labute approximate surface area is 181 Å². The van der Waals surface area contributed by atoms with Crippen molar-refractivity contribution in [3.8, 4) is 10.6 Å². The number of nitrogens with one attached hydrogen (secondary N) is 1. The van der Waals surface area contributed by atoms with Crippen LogP contribution in [0.5, 0.6) is 0 Å². The monoisotopic (exact) mass is 475 g/mol. The number of thiophene rings is 1. The van der Waals surface area contributed by atoms with E-state index in [4.69, 9.17) is 0 Å². The van der Waals surface area contributed by atoms with Crippen LogP contribution in [0.1, 0.15) is 25.0 Å². The molecule has 32 heavy (non-hydrogen) atoms. The average Bonchev–Trinajstić information content (AvgIpc) is 3.21. The lowest BCUT2D eigenvalue weighted by molar-refractivity contribution is -0.143. The van der Waals surface area contributed by atoms with Gasteiger partial charge in [0.15, 0.2) is 0 Å². The Balaban J connectivity index is 2.00. The summed E-state index contributed by atoms with van der Waals surface area (Å²) in [7, 11) is 0. The zero-order valence-electron chi connectivity index (χ0n) is 16.5. The lowest BCUT2D eigenvalue weighted by Gasteiger charge is -2.25. The molecule has 3 aromatic rings. The highest BCUT2D eigenvalue weighted by Gasteiger charge is 2.38. The second kappa shape index (κ2) is 8.08. The minimum absolute atomic E-state index is 0.0443. The summed E-state index contributed by atoms with van der Waals surface area (Å²) in [5.74, 6) is -1.03. The molecule has 0 bridgehead atoms. The number of hydrogen-bond donors (Lipinski definition) is 1. The number of benzene rings is 1. The highest BCUT2D eigenvalue weighted by Crippen LogP contribution is 2.37. The van der Waals surface area contributed by atoms with Crippen molar-refractivity contribution in [3.63, 3.8) is 0 Å². The van der Waals surface area contributed by atoms with Crippen molar-refractivity contribution in [2.24, 2.45) is 0 Å². The van der Waals surface area contributed by atoms with Crippen molar-refractivity contribution in [2.75, 3.05) is 5.32 Å². The van der Waals surface area contributed by atoms with Crippen molar-refractivity contribution in [2.45, 2.75) is 31.7 Å². The smallest absolute Gasteiger partial charge is 0.324 e. The Morgan fingerprint density at radius 2 is 1.56 bits per heavy atom. The van der Waals surface area contributed by atoms with Gasteiger partial charge in [0, 0.05) is 11.8 Å². The first-order valence-electron chi connectivity index (χ1n) is 8.95. The van der Waals surface area contributed by atoms with E-state index in [1.165, 1.54) is 37.3 Å². The summed E-state index contributed by atoms with van der Waals surface area (Å²) < 4.78 is 79.2. The Kier molecular flexibility index (Phi) is 5.94. The van der Waals surface area contributed by atoms with E-state index in [-0.39, 0.29) is 6.07 Å². The highest BCUT2D eigenvalue weighted by molar-refractivity contribution is 7.13. The van der Waals surface area contributed by atoms with Crippen molar-refractivity contribution in [1.29, 1.82) is 0 Å². The van der Waals surface area contributed by atoms with Crippen molar-refractivity contribution < 1.29 is 31.1 Å². The summed E-state index contributed by atoms with van der Waals surface area (Å²) in [4.78, 5) is 25.9. The van der Waals surface area contributed by atoms with E-state index in [1.54, 1.807) is 17.5 Å². The molecule has 0 fully saturated rings. The standard InChI is InChI=1S/C20H15F6N3O2S/c1-18(2,29-16(30)6-5-14(28-29)15-4-3-7-32-15)17(31)27-13-9-11(19(21,22)23)8-12(10-13)20(24,25)26/h3-10H,1-2H3,(H,27,31). The molecule has 5 nitrogen and oxygen atoms in total. The lowest BCUT2D eigenvalue weighted by Crippen LogP contribution is -2.47. The van der Waals surface area contributed by atoms with E-state index >= 15 is 0 Å². The first-order chi connectivity index (χ1) is 14.7. The van der Waals surface area contributed by atoms with Gasteiger partial charge < -0.3 is 5.32 Å². The molecule has 0 aliphatic heterocycles. The van der Waals surface area contributed by atoms with Crippen LogP contribution in [0.15, 0.2) is 52.6 Å². The quantitative estimate of drug-likeness (QED) is 0.515. The Morgan fingerprint density at radius 3 is 2.06 bits per heavy atom. The maximum Gasteiger partial charge on any atom is 0.416 e. The number of aromatic nitrogens is 2. The molecule has 0 atom stereocenters.